The van der Waals surface area contributed by atoms with Crippen molar-refractivity contribution in [3.8, 4) is 23.3 Å². The lowest BCUT2D eigenvalue weighted by molar-refractivity contribution is 0.0954. The van der Waals surface area contributed by atoms with Crippen molar-refractivity contribution < 1.29 is 19.0 Å². The minimum absolute atomic E-state index is 0.233. The van der Waals surface area contributed by atoms with Crippen molar-refractivity contribution in [2.75, 3.05) is 27.9 Å². The summed E-state index contributed by atoms with van der Waals surface area (Å²) >= 11 is 0. The molecule has 2 rings (SSSR count). The van der Waals surface area contributed by atoms with E-state index >= 15 is 0 Å². The Hall–Kier alpha value is -3.20. The molecule has 0 bridgehead atoms. The van der Waals surface area contributed by atoms with Crippen molar-refractivity contribution in [3.63, 3.8) is 0 Å². The van der Waals surface area contributed by atoms with Gasteiger partial charge < -0.3 is 19.5 Å². The monoisotopic (exact) mass is 340 g/mol. The number of rotatable bonds is 7. The van der Waals surface area contributed by atoms with Crippen molar-refractivity contribution >= 4 is 5.91 Å². The standard InChI is InChI=1S/C19H20N2O4/c1-23-15-10-17(24-2)16(18(11-15)25-3)7-8-21-19(22)14-6-4-5-13(9-14)12-20/h4-6,9-11H,7-8H2,1-3H3,(H,21,22). The Morgan fingerprint density at radius 2 is 1.76 bits per heavy atom. The van der Waals surface area contributed by atoms with Gasteiger partial charge in [0.25, 0.3) is 5.91 Å². The van der Waals surface area contributed by atoms with E-state index in [1.54, 1.807) is 57.7 Å². The second-order valence-electron chi connectivity index (χ2n) is 5.21. The van der Waals surface area contributed by atoms with Crippen LogP contribution in [0.1, 0.15) is 21.5 Å². The first-order valence-electron chi connectivity index (χ1n) is 7.70. The van der Waals surface area contributed by atoms with Gasteiger partial charge in [-0.05, 0) is 24.6 Å². The second kappa shape index (κ2) is 8.60. The van der Waals surface area contributed by atoms with Crippen LogP contribution in [-0.4, -0.2) is 33.8 Å². The third-order valence-electron chi connectivity index (χ3n) is 3.73. The van der Waals surface area contributed by atoms with Crippen LogP contribution in [0.15, 0.2) is 36.4 Å². The molecule has 6 nitrogen and oxygen atoms in total. The maximum atomic E-state index is 12.2. The highest BCUT2D eigenvalue weighted by Crippen LogP contribution is 2.34. The van der Waals surface area contributed by atoms with Gasteiger partial charge in [0.1, 0.15) is 17.2 Å². The van der Waals surface area contributed by atoms with Crippen LogP contribution < -0.4 is 19.5 Å². The summed E-state index contributed by atoms with van der Waals surface area (Å²) in [5.74, 6) is 1.67. The number of amides is 1. The van der Waals surface area contributed by atoms with Gasteiger partial charge in [0, 0.05) is 29.8 Å². The van der Waals surface area contributed by atoms with Crippen LogP contribution in [0.5, 0.6) is 17.2 Å². The molecule has 0 aliphatic heterocycles. The van der Waals surface area contributed by atoms with Crippen molar-refractivity contribution in [3.05, 3.63) is 53.1 Å². The first kappa shape index (κ1) is 18.1. The van der Waals surface area contributed by atoms with E-state index in [1.165, 1.54) is 0 Å². The number of nitriles is 1. The fourth-order valence-electron chi connectivity index (χ4n) is 2.46. The Labute approximate surface area is 146 Å². The summed E-state index contributed by atoms with van der Waals surface area (Å²) in [5, 5.41) is 11.7. The number of hydrogen-bond acceptors (Lipinski definition) is 5. The second-order valence-corrected chi connectivity index (χ2v) is 5.21. The molecule has 0 heterocycles. The Morgan fingerprint density at radius 3 is 2.32 bits per heavy atom. The molecule has 130 valence electrons. The lowest BCUT2D eigenvalue weighted by Gasteiger charge is -2.15. The van der Waals surface area contributed by atoms with Crippen molar-refractivity contribution in [1.82, 2.24) is 5.32 Å². The molecule has 2 aromatic rings. The van der Waals surface area contributed by atoms with Crippen LogP contribution in [0.25, 0.3) is 0 Å². The van der Waals surface area contributed by atoms with E-state index in [9.17, 15) is 4.79 Å². The molecule has 1 N–H and O–H groups in total. The van der Waals surface area contributed by atoms with Crippen LogP contribution >= 0.6 is 0 Å². The van der Waals surface area contributed by atoms with Crippen LogP contribution in [0.4, 0.5) is 0 Å². The zero-order chi connectivity index (χ0) is 18.2. The molecule has 1 amide bonds. The average molecular weight is 340 g/mol. The third-order valence-corrected chi connectivity index (χ3v) is 3.73. The molecule has 25 heavy (non-hydrogen) atoms. The number of nitrogens with zero attached hydrogens (tertiary/aromatic N) is 1. The molecular weight excluding hydrogens is 320 g/mol. The van der Waals surface area contributed by atoms with Crippen molar-refractivity contribution in [2.45, 2.75) is 6.42 Å². The molecule has 6 heteroatoms. The number of carbonyl (C=O) groups excluding carboxylic acids is 1. The highest BCUT2D eigenvalue weighted by atomic mass is 16.5. The van der Waals surface area contributed by atoms with E-state index in [0.29, 0.717) is 41.3 Å². The normalized spacial score (nSPS) is 9.84. The Kier molecular flexibility index (Phi) is 6.24. The number of hydrogen-bond donors (Lipinski definition) is 1. The fraction of sp³-hybridized carbons (Fsp3) is 0.263. The van der Waals surface area contributed by atoms with E-state index in [2.05, 4.69) is 5.32 Å². The van der Waals surface area contributed by atoms with Gasteiger partial charge in [-0.1, -0.05) is 6.07 Å². The molecular formula is C19H20N2O4. The lowest BCUT2D eigenvalue weighted by atomic mass is 10.1. The molecule has 0 aliphatic carbocycles. The molecule has 0 fully saturated rings. The van der Waals surface area contributed by atoms with E-state index in [0.717, 1.165) is 5.56 Å². The minimum atomic E-state index is -0.233. The largest absolute Gasteiger partial charge is 0.496 e. The molecule has 2 aromatic carbocycles. The van der Waals surface area contributed by atoms with Crippen molar-refractivity contribution in [2.24, 2.45) is 0 Å². The maximum absolute atomic E-state index is 12.2. The summed E-state index contributed by atoms with van der Waals surface area (Å²) in [4.78, 5) is 12.2. The molecule has 0 saturated heterocycles. The van der Waals surface area contributed by atoms with Gasteiger partial charge >= 0.3 is 0 Å². The number of methoxy groups -OCH3 is 3. The average Bonchev–Trinajstić information content (AvgIpc) is 2.67. The predicted molar refractivity (Wildman–Crippen MR) is 93.3 cm³/mol. The van der Waals surface area contributed by atoms with Crippen molar-refractivity contribution in [1.29, 1.82) is 5.26 Å². The zero-order valence-electron chi connectivity index (χ0n) is 14.5. The van der Waals surface area contributed by atoms with E-state index in [4.69, 9.17) is 19.5 Å². The Balaban J connectivity index is 2.08. The van der Waals surface area contributed by atoms with Crippen LogP contribution in [0, 0.1) is 11.3 Å². The van der Waals surface area contributed by atoms with Gasteiger partial charge in [-0.3, -0.25) is 4.79 Å². The SMILES string of the molecule is COc1cc(OC)c(CCNC(=O)c2cccc(C#N)c2)c(OC)c1. The van der Waals surface area contributed by atoms with Gasteiger partial charge in [0.05, 0.1) is 33.0 Å². The summed E-state index contributed by atoms with van der Waals surface area (Å²) < 4.78 is 16.0. The molecule has 0 aliphatic rings. The summed E-state index contributed by atoms with van der Waals surface area (Å²) in [5.41, 5.74) is 1.75. The summed E-state index contributed by atoms with van der Waals surface area (Å²) in [6.45, 7) is 0.397. The molecule has 0 radical (unpaired) electrons. The number of ether oxygens (including phenoxy) is 3. The number of benzene rings is 2. The predicted octanol–water partition coefficient (Wildman–Crippen LogP) is 2.56. The maximum Gasteiger partial charge on any atom is 0.251 e. The summed E-state index contributed by atoms with van der Waals surface area (Å²) in [7, 11) is 4.72. The van der Waals surface area contributed by atoms with E-state index < -0.39 is 0 Å². The first-order chi connectivity index (χ1) is 12.1. The Bertz CT molecular complexity index is 771. The highest BCUT2D eigenvalue weighted by Gasteiger charge is 2.14. The van der Waals surface area contributed by atoms with E-state index in [-0.39, 0.29) is 5.91 Å². The van der Waals surface area contributed by atoms with Gasteiger partial charge in [0.15, 0.2) is 0 Å². The van der Waals surface area contributed by atoms with Gasteiger partial charge in [-0.2, -0.15) is 5.26 Å². The Morgan fingerprint density at radius 1 is 1.08 bits per heavy atom. The highest BCUT2D eigenvalue weighted by molar-refractivity contribution is 5.94. The number of carbonyl (C=O) groups is 1. The summed E-state index contributed by atoms with van der Waals surface area (Å²) in [6, 6.07) is 12.1. The molecule has 0 saturated carbocycles. The fourth-order valence-corrected chi connectivity index (χ4v) is 2.46. The van der Waals surface area contributed by atoms with Crippen LogP contribution in [-0.2, 0) is 6.42 Å². The minimum Gasteiger partial charge on any atom is -0.496 e. The summed E-state index contributed by atoms with van der Waals surface area (Å²) in [6.07, 6.45) is 0.528. The zero-order valence-corrected chi connectivity index (χ0v) is 14.5. The molecule has 0 aromatic heterocycles. The van der Waals surface area contributed by atoms with Crippen LogP contribution in [0.2, 0.25) is 0 Å². The quantitative estimate of drug-likeness (QED) is 0.838. The number of nitrogens with one attached hydrogen (secondary N) is 1. The van der Waals surface area contributed by atoms with E-state index in [1.807, 2.05) is 6.07 Å². The molecule has 0 unspecified atom stereocenters. The molecule has 0 atom stereocenters. The third kappa shape index (κ3) is 4.42. The van der Waals surface area contributed by atoms with Gasteiger partial charge in [0.2, 0.25) is 0 Å². The van der Waals surface area contributed by atoms with Gasteiger partial charge in [-0.15, -0.1) is 0 Å². The van der Waals surface area contributed by atoms with Crippen LogP contribution in [0.3, 0.4) is 0 Å². The smallest absolute Gasteiger partial charge is 0.251 e. The van der Waals surface area contributed by atoms with Gasteiger partial charge in [-0.25, -0.2) is 0 Å². The lowest BCUT2D eigenvalue weighted by Crippen LogP contribution is -2.26. The topological polar surface area (TPSA) is 80.6 Å². The first-order valence-corrected chi connectivity index (χ1v) is 7.70. The molecule has 0 spiro atoms.